The van der Waals surface area contributed by atoms with E-state index in [0.717, 1.165) is 12.2 Å². The highest BCUT2D eigenvalue weighted by Gasteiger charge is 2.29. The van der Waals surface area contributed by atoms with E-state index in [4.69, 9.17) is 0 Å². The van der Waals surface area contributed by atoms with Gasteiger partial charge in [-0.3, -0.25) is 0 Å². The third-order valence-corrected chi connectivity index (χ3v) is 5.23. The molecular formula is C15H26N2O3S. The predicted molar refractivity (Wildman–Crippen MR) is 86.2 cm³/mol. The molecule has 0 heterocycles. The van der Waals surface area contributed by atoms with Crippen LogP contribution in [0.15, 0.2) is 17.0 Å². The zero-order valence-corrected chi connectivity index (χ0v) is 14.5. The van der Waals surface area contributed by atoms with Gasteiger partial charge in [-0.1, -0.05) is 0 Å². The van der Waals surface area contributed by atoms with Crippen LogP contribution in [0.1, 0.15) is 31.9 Å². The van der Waals surface area contributed by atoms with Crippen molar-refractivity contribution >= 4 is 15.7 Å². The number of likely N-dealkylation sites (N-methyl/N-ethyl adjacent to an activating group) is 1. The molecule has 0 saturated carbocycles. The summed E-state index contributed by atoms with van der Waals surface area (Å²) in [5, 5.41) is 13.0. The molecule has 1 aromatic rings. The Morgan fingerprint density at radius 1 is 1.24 bits per heavy atom. The number of nitrogens with zero attached hydrogens (tertiary/aromatic N) is 1. The van der Waals surface area contributed by atoms with Gasteiger partial charge in [-0.15, -0.1) is 0 Å². The zero-order chi connectivity index (χ0) is 16.4. The third kappa shape index (κ3) is 4.43. The lowest BCUT2D eigenvalue weighted by atomic mass is 10.1. The van der Waals surface area contributed by atoms with Gasteiger partial charge in [-0.05, 0) is 57.9 Å². The van der Waals surface area contributed by atoms with Crippen LogP contribution in [0.4, 0.5) is 5.69 Å². The van der Waals surface area contributed by atoms with Crippen LogP contribution in [0, 0.1) is 13.8 Å². The summed E-state index contributed by atoms with van der Waals surface area (Å²) in [6.07, 6.45) is 0. The Bertz CT molecular complexity index is 581. The van der Waals surface area contributed by atoms with Crippen LogP contribution in [0.25, 0.3) is 0 Å². The third-order valence-electron chi connectivity index (χ3n) is 3.12. The highest BCUT2D eigenvalue weighted by molar-refractivity contribution is 7.89. The molecule has 0 aliphatic heterocycles. The molecule has 0 amide bonds. The van der Waals surface area contributed by atoms with Gasteiger partial charge in [0.25, 0.3) is 0 Å². The molecule has 0 bridgehead atoms. The first kappa shape index (κ1) is 17.9. The Hall–Kier alpha value is -1.11. The van der Waals surface area contributed by atoms with Gasteiger partial charge >= 0.3 is 0 Å². The average molecular weight is 314 g/mol. The van der Waals surface area contributed by atoms with Crippen molar-refractivity contribution in [1.29, 1.82) is 0 Å². The number of aliphatic hydroxyl groups is 1. The molecule has 0 saturated heterocycles. The monoisotopic (exact) mass is 314 g/mol. The van der Waals surface area contributed by atoms with Gasteiger partial charge in [0.15, 0.2) is 0 Å². The van der Waals surface area contributed by atoms with Crippen LogP contribution in [-0.4, -0.2) is 43.6 Å². The van der Waals surface area contributed by atoms with E-state index in [-0.39, 0.29) is 6.54 Å². The van der Waals surface area contributed by atoms with Gasteiger partial charge in [-0.2, -0.15) is 4.31 Å². The zero-order valence-electron chi connectivity index (χ0n) is 13.7. The van der Waals surface area contributed by atoms with Crippen LogP contribution >= 0.6 is 0 Å². The molecule has 0 aromatic heterocycles. The Balaban J connectivity index is 3.26. The molecule has 6 heteroatoms. The molecule has 0 radical (unpaired) electrons. The second-order valence-corrected chi connectivity index (χ2v) is 8.02. The van der Waals surface area contributed by atoms with E-state index in [0.29, 0.717) is 16.0 Å². The number of hydrogen-bond acceptors (Lipinski definition) is 4. The lowest BCUT2D eigenvalue weighted by Crippen LogP contribution is -2.40. The molecule has 0 atom stereocenters. The van der Waals surface area contributed by atoms with Crippen molar-refractivity contribution < 1.29 is 13.5 Å². The van der Waals surface area contributed by atoms with E-state index in [2.05, 4.69) is 5.32 Å². The Labute approximate surface area is 128 Å². The summed E-state index contributed by atoms with van der Waals surface area (Å²) in [6, 6.07) is 3.67. The summed E-state index contributed by atoms with van der Waals surface area (Å²) in [5.41, 5.74) is 1.24. The second-order valence-electron chi connectivity index (χ2n) is 6.04. The molecule has 5 nitrogen and oxygen atoms in total. The summed E-state index contributed by atoms with van der Waals surface area (Å²) in [6.45, 7) is 9.58. The fraction of sp³-hybridized carbons (Fsp3) is 0.600. The molecule has 1 rings (SSSR count). The first-order valence-electron chi connectivity index (χ1n) is 7.03. The second kappa shape index (κ2) is 6.34. The average Bonchev–Trinajstić information content (AvgIpc) is 2.25. The SMILES string of the molecule is CCNc1cc(C)c(S(=O)(=O)N(C)CC(C)(C)O)c(C)c1. The van der Waals surface area contributed by atoms with E-state index >= 15 is 0 Å². The standard InChI is InChI=1S/C15H26N2O3S/c1-7-16-13-8-11(2)14(12(3)9-13)21(19,20)17(6)10-15(4,5)18/h8-9,16,18H,7,10H2,1-6H3. The summed E-state index contributed by atoms with van der Waals surface area (Å²) in [4.78, 5) is 0.316. The summed E-state index contributed by atoms with van der Waals surface area (Å²) < 4.78 is 26.6. The van der Waals surface area contributed by atoms with Gasteiger partial charge in [0, 0.05) is 25.8 Å². The Kier molecular flexibility index (Phi) is 5.41. The minimum absolute atomic E-state index is 0.0448. The van der Waals surface area contributed by atoms with Crippen molar-refractivity contribution in [1.82, 2.24) is 4.31 Å². The van der Waals surface area contributed by atoms with Crippen LogP contribution in [0.2, 0.25) is 0 Å². The lowest BCUT2D eigenvalue weighted by Gasteiger charge is -2.26. The molecule has 2 N–H and O–H groups in total. The molecule has 120 valence electrons. The van der Waals surface area contributed by atoms with E-state index in [9.17, 15) is 13.5 Å². The van der Waals surface area contributed by atoms with Gasteiger partial charge in [0.2, 0.25) is 10.0 Å². The topological polar surface area (TPSA) is 69.6 Å². The molecule has 21 heavy (non-hydrogen) atoms. The minimum atomic E-state index is -3.62. The maximum Gasteiger partial charge on any atom is 0.243 e. The van der Waals surface area contributed by atoms with Gasteiger partial charge in [0.05, 0.1) is 10.5 Å². The number of sulfonamides is 1. The van der Waals surface area contributed by atoms with Crippen LogP contribution in [-0.2, 0) is 10.0 Å². The highest BCUT2D eigenvalue weighted by atomic mass is 32.2. The van der Waals surface area contributed by atoms with Crippen LogP contribution in [0.5, 0.6) is 0 Å². The molecule has 0 aliphatic carbocycles. The fourth-order valence-corrected chi connectivity index (χ4v) is 4.18. The van der Waals surface area contributed by atoms with Gasteiger partial charge in [-0.25, -0.2) is 8.42 Å². The Morgan fingerprint density at radius 2 is 1.71 bits per heavy atom. The predicted octanol–water partition coefficient (Wildman–Crippen LogP) is 2.13. The van der Waals surface area contributed by atoms with Crippen molar-refractivity contribution in [3.05, 3.63) is 23.3 Å². The number of rotatable bonds is 6. The maximum absolute atomic E-state index is 12.7. The first-order valence-corrected chi connectivity index (χ1v) is 8.47. The number of hydrogen-bond donors (Lipinski definition) is 2. The van der Waals surface area contributed by atoms with Crippen molar-refractivity contribution in [3.8, 4) is 0 Å². The quantitative estimate of drug-likeness (QED) is 0.844. The van der Waals surface area contributed by atoms with Crippen LogP contribution in [0.3, 0.4) is 0 Å². The van der Waals surface area contributed by atoms with Crippen molar-refractivity contribution in [2.75, 3.05) is 25.5 Å². The van der Waals surface area contributed by atoms with Crippen molar-refractivity contribution in [2.45, 2.75) is 45.1 Å². The lowest BCUT2D eigenvalue weighted by molar-refractivity contribution is 0.0639. The fourth-order valence-electron chi connectivity index (χ4n) is 2.45. The number of aryl methyl sites for hydroxylation is 2. The highest BCUT2D eigenvalue weighted by Crippen LogP contribution is 2.27. The maximum atomic E-state index is 12.7. The van der Waals surface area contributed by atoms with Crippen LogP contribution < -0.4 is 5.32 Å². The van der Waals surface area contributed by atoms with E-state index in [1.807, 2.05) is 19.1 Å². The summed E-state index contributed by atoms with van der Waals surface area (Å²) >= 11 is 0. The molecule has 0 spiro atoms. The van der Waals surface area contributed by atoms with Crippen molar-refractivity contribution in [3.63, 3.8) is 0 Å². The van der Waals surface area contributed by atoms with Gasteiger partial charge < -0.3 is 10.4 Å². The molecule has 0 fully saturated rings. The summed E-state index contributed by atoms with van der Waals surface area (Å²) in [5.74, 6) is 0. The normalized spacial score (nSPS) is 12.8. The number of benzene rings is 1. The summed E-state index contributed by atoms with van der Waals surface area (Å²) in [7, 11) is -2.13. The minimum Gasteiger partial charge on any atom is -0.389 e. The largest absolute Gasteiger partial charge is 0.389 e. The van der Waals surface area contributed by atoms with Gasteiger partial charge in [0.1, 0.15) is 0 Å². The Morgan fingerprint density at radius 3 is 2.10 bits per heavy atom. The molecule has 0 unspecified atom stereocenters. The smallest absolute Gasteiger partial charge is 0.243 e. The van der Waals surface area contributed by atoms with E-state index < -0.39 is 15.6 Å². The van der Waals surface area contributed by atoms with E-state index in [1.165, 1.54) is 11.4 Å². The number of nitrogens with one attached hydrogen (secondary N) is 1. The molecule has 0 aliphatic rings. The van der Waals surface area contributed by atoms with E-state index in [1.54, 1.807) is 27.7 Å². The first-order chi connectivity index (χ1) is 9.49. The van der Waals surface area contributed by atoms with Crippen molar-refractivity contribution in [2.24, 2.45) is 0 Å². The molecule has 1 aromatic carbocycles. The number of anilines is 1. The molecular weight excluding hydrogens is 288 g/mol.